The summed E-state index contributed by atoms with van der Waals surface area (Å²) in [6.45, 7) is 12.3. The summed E-state index contributed by atoms with van der Waals surface area (Å²) in [5, 5.41) is 0.979. The van der Waals surface area contributed by atoms with Crippen molar-refractivity contribution in [2.24, 2.45) is 47.3 Å². The van der Waals surface area contributed by atoms with Crippen LogP contribution in [0.4, 0.5) is 0 Å². The van der Waals surface area contributed by atoms with E-state index in [-0.39, 0.29) is 15.8 Å². The average Bonchev–Trinajstić information content (AvgIpc) is 3.98. The maximum absolute atomic E-state index is 3.98. The van der Waals surface area contributed by atoms with Crippen molar-refractivity contribution in [2.45, 2.75) is 174 Å². The van der Waals surface area contributed by atoms with Gasteiger partial charge in [0.1, 0.15) is 0 Å². The molecule has 18 fully saturated rings. The molecule has 10 aliphatic heterocycles. The fourth-order valence-corrected chi connectivity index (χ4v) is 125. The first-order valence-corrected chi connectivity index (χ1v) is 31.3. The first kappa shape index (κ1) is 27.2. The van der Waals surface area contributed by atoms with E-state index in [1.165, 1.54) is 68.7 Å². The molecule has 0 radical (unpaired) electrons. The number of benzene rings is 1. The second kappa shape index (κ2) is 4.73. The number of hydrogen-bond donors (Lipinski definition) is 0. The van der Waals surface area contributed by atoms with E-state index in [0.29, 0.717) is 10.3 Å². The summed E-state index contributed by atoms with van der Waals surface area (Å²) in [6.07, 6.45) is 20.5. The van der Waals surface area contributed by atoms with Crippen molar-refractivity contribution < 1.29 is 6.51 Å². The molecule has 1 spiro atoms. The van der Waals surface area contributed by atoms with Crippen molar-refractivity contribution in [3.8, 4) is 0 Å². The molecular formula is C46H64FeP2. The van der Waals surface area contributed by atoms with Crippen LogP contribution in [0.1, 0.15) is 111 Å². The molecule has 8 bridgehead atoms. The van der Waals surface area contributed by atoms with Crippen molar-refractivity contribution in [1.29, 1.82) is 0 Å². The summed E-state index contributed by atoms with van der Waals surface area (Å²) >= 11 is 0. The second-order valence-corrected chi connectivity index (χ2v) is 56.4. The van der Waals surface area contributed by atoms with Gasteiger partial charge in [0.2, 0.25) is 0 Å². The predicted octanol–water partition coefficient (Wildman–Crippen LogP) is 13.4. The van der Waals surface area contributed by atoms with Crippen LogP contribution in [-0.2, 0) is 10.8 Å². The van der Waals surface area contributed by atoms with Crippen LogP contribution in [-0.4, -0.2) is 34.0 Å². The van der Waals surface area contributed by atoms with Gasteiger partial charge in [-0.15, -0.1) is 0 Å². The molecule has 0 aromatic heterocycles. The minimum absolute atomic E-state index is 0.00320. The van der Waals surface area contributed by atoms with Gasteiger partial charge in [-0.05, 0) is 0 Å². The number of fused-ring (bicyclic) bond motifs is 10. The Morgan fingerprint density at radius 2 is 0.980 bits per heavy atom. The molecular weight excluding hydrogens is 670 g/mol. The zero-order valence-electron chi connectivity index (χ0n) is 31.4. The van der Waals surface area contributed by atoms with E-state index in [0.717, 1.165) is 36.6 Å². The Hall–Kier alpha value is 0.599. The summed E-state index contributed by atoms with van der Waals surface area (Å²) in [6, 6.07) is 12.9. The number of hydrogen-bond acceptors (Lipinski definition) is 0. The Bertz CT molecular complexity index is 2180. The van der Waals surface area contributed by atoms with E-state index in [1.807, 2.05) is 11.7 Å². The average molecular weight is 735 g/mol. The Kier molecular flexibility index (Phi) is 2.63. The molecule has 1 aromatic rings. The topological polar surface area (TPSA) is 0 Å². The van der Waals surface area contributed by atoms with E-state index in [2.05, 4.69) is 71.9 Å². The SMILES string of the molecule is CC(C)(C)P(C[C]12[CH]3[CH]4[CH]5[C]1(CP(C1C6CC7CC(C6)CC1C7)C1C6CC7CC(C6)CC1C7)[Fe]45321678[CH]2[CH]1[CH]6[C]7(c1ccccc1)[CH]28)C(C)(C)C. The Morgan fingerprint density at radius 1 is 0.551 bits per heavy atom. The molecule has 9 atom stereocenters. The molecule has 0 N–H and O–H groups in total. The van der Waals surface area contributed by atoms with Crippen LogP contribution in [0, 0.1) is 47.3 Å². The summed E-state index contributed by atoms with van der Waals surface area (Å²) in [7, 11) is 0.168. The first-order chi connectivity index (χ1) is 23.2. The van der Waals surface area contributed by atoms with Gasteiger partial charge in [-0.3, -0.25) is 0 Å². The standard InChI is InChI=1S/C35H55P2.C11H9.Fe/c1-34(2,3)37(35(4,5)6)21-27-9-7-8-26(27)20-36(32-28-12-22-10-23(14-28)15-29(32)13-22)33-30-16-24-11-25(18-30)19-31(33)17-24;1-2-6-10(7-3-1)11-8-4-5-9-11;/h7-9,22-25,28-33H,10-21H2,1-6H3;1-9H;. The van der Waals surface area contributed by atoms with Gasteiger partial charge >= 0.3 is 292 Å². The summed E-state index contributed by atoms with van der Waals surface area (Å²) in [5.74, 6) is 9.29. The quantitative estimate of drug-likeness (QED) is 0.193. The van der Waals surface area contributed by atoms with Crippen molar-refractivity contribution in [2.75, 3.05) is 12.3 Å². The Balaban J connectivity index is 0.904. The molecule has 3 heteroatoms. The van der Waals surface area contributed by atoms with Crippen molar-refractivity contribution in [3.63, 3.8) is 0 Å². The van der Waals surface area contributed by atoms with Gasteiger partial charge in [-0.1, -0.05) is 0 Å². The predicted molar refractivity (Wildman–Crippen MR) is 205 cm³/mol. The fourth-order valence-electron chi connectivity index (χ4n) is 31.5. The molecule has 0 amide bonds. The van der Waals surface area contributed by atoms with E-state index >= 15 is 0 Å². The third-order valence-electron chi connectivity index (χ3n) is 28.4. The molecule has 19 rings (SSSR count). The Labute approximate surface area is 290 Å². The van der Waals surface area contributed by atoms with E-state index in [9.17, 15) is 0 Å². The van der Waals surface area contributed by atoms with E-state index in [4.69, 9.17) is 0 Å². The minimum atomic E-state index is -3.98. The maximum atomic E-state index is 2.76. The van der Waals surface area contributed by atoms with Crippen molar-refractivity contribution >= 4 is 15.8 Å². The van der Waals surface area contributed by atoms with Crippen molar-refractivity contribution in [1.82, 2.24) is 0 Å². The van der Waals surface area contributed by atoms with Gasteiger partial charge in [0.05, 0.1) is 0 Å². The van der Waals surface area contributed by atoms with Crippen LogP contribution >= 0.6 is 15.8 Å². The van der Waals surface area contributed by atoms with Crippen LogP contribution in [0.15, 0.2) is 30.3 Å². The molecule has 49 heavy (non-hydrogen) atoms. The zero-order valence-corrected chi connectivity index (χ0v) is 34.3. The van der Waals surface area contributed by atoms with Crippen molar-refractivity contribution in [3.05, 3.63) is 35.9 Å². The normalized spacial score (nSPS) is 76.1. The molecule has 8 saturated carbocycles. The Morgan fingerprint density at radius 3 is 1.37 bits per heavy atom. The van der Waals surface area contributed by atoms with E-state index in [1.54, 1.807) is 70.4 Å². The molecule has 266 valence electrons. The van der Waals surface area contributed by atoms with Crippen LogP contribution < -0.4 is 0 Å². The monoisotopic (exact) mass is 734 g/mol. The van der Waals surface area contributed by atoms with E-state index < -0.39 is 6.51 Å². The zero-order chi connectivity index (χ0) is 32.4. The fraction of sp³-hybridized carbons (Fsp3) is 0.870. The van der Waals surface area contributed by atoms with Gasteiger partial charge in [-0.25, -0.2) is 0 Å². The van der Waals surface area contributed by atoms with Gasteiger partial charge in [-0.2, -0.15) is 0 Å². The third-order valence-corrected chi connectivity index (χ3v) is 81.5. The van der Waals surface area contributed by atoms with Gasteiger partial charge < -0.3 is 0 Å². The molecule has 9 unspecified atom stereocenters. The molecule has 18 aliphatic rings. The van der Waals surface area contributed by atoms with Crippen LogP contribution in [0.3, 0.4) is 0 Å². The molecule has 8 aliphatic carbocycles. The second-order valence-electron chi connectivity index (χ2n) is 27.0. The summed E-state index contributed by atoms with van der Waals surface area (Å²) in [4.78, 5) is 9.63. The summed E-state index contributed by atoms with van der Waals surface area (Å²) in [5.41, 5.74) is 4.44. The molecule has 0 nitrogen and oxygen atoms in total. The number of rotatable bonds is 7. The third kappa shape index (κ3) is 0.910. The van der Waals surface area contributed by atoms with Crippen LogP contribution in [0.5, 0.6) is 0 Å². The van der Waals surface area contributed by atoms with Gasteiger partial charge in [0, 0.05) is 0 Å². The van der Waals surface area contributed by atoms with Gasteiger partial charge in [0.15, 0.2) is 0 Å². The summed E-state index contributed by atoms with van der Waals surface area (Å²) < 4.78 is 2.79. The first-order valence-electron chi connectivity index (χ1n) is 22.0. The van der Waals surface area contributed by atoms with Crippen LogP contribution in [0.25, 0.3) is 0 Å². The van der Waals surface area contributed by atoms with Gasteiger partial charge in [0.25, 0.3) is 0 Å². The molecule has 1 aromatic carbocycles. The van der Waals surface area contributed by atoms with Crippen LogP contribution in [0.2, 0.25) is 42.3 Å². The molecule has 10 saturated heterocycles. The molecule has 10 heterocycles.